The fraction of sp³-hybridized carbons (Fsp3) is 0.607. The van der Waals surface area contributed by atoms with Crippen molar-refractivity contribution in [2.75, 3.05) is 64.0 Å². The highest BCUT2D eigenvalue weighted by Crippen LogP contribution is 2.24. The monoisotopic (exact) mass is 542 g/mol. The van der Waals surface area contributed by atoms with Crippen LogP contribution in [-0.4, -0.2) is 79.2 Å². The molecule has 1 saturated heterocycles. The predicted molar refractivity (Wildman–Crippen MR) is 151 cm³/mol. The van der Waals surface area contributed by atoms with Gasteiger partial charge in [-0.3, -0.25) is 4.79 Å². The fourth-order valence-electron chi connectivity index (χ4n) is 4.71. The van der Waals surface area contributed by atoms with E-state index in [9.17, 15) is 4.79 Å². The van der Waals surface area contributed by atoms with Crippen molar-refractivity contribution >= 4 is 17.3 Å². The van der Waals surface area contributed by atoms with E-state index in [0.29, 0.717) is 45.9 Å². The molecule has 11 nitrogen and oxygen atoms in total. The molecule has 1 fully saturated rings. The van der Waals surface area contributed by atoms with Crippen molar-refractivity contribution in [1.82, 2.24) is 19.2 Å². The van der Waals surface area contributed by atoms with E-state index in [1.165, 1.54) is 19.3 Å². The lowest BCUT2D eigenvalue weighted by Crippen LogP contribution is -2.30. The first-order chi connectivity index (χ1) is 19.1. The Kier molecular flexibility index (Phi) is 11.1. The number of hydrogen-bond acceptors (Lipinski definition) is 9. The Labute approximate surface area is 230 Å². The summed E-state index contributed by atoms with van der Waals surface area (Å²) in [5.74, 6) is 1.88. The van der Waals surface area contributed by atoms with Crippen LogP contribution in [0.5, 0.6) is 0 Å². The summed E-state index contributed by atoms with van der Waals surface area (Å²) in [6, 6.07) is 5.55. The average molecular weight is 543 g/mol. The zero-order valence-corrected chi connectivity index (χ0v) is 23.4. The SMILES string of the molecule is CCc1cnn2c(NCc3ccc(=O)n(CCOCCOCCC(OC)OC)c3)cc(N3CCCCC3)nc12. The van der Waals surface area contributed by atoms with Crippen LogP contribution in [0, 0.1) is 0 Å². The van der Waals surface area contributed by atoms with Gasteiger partial charge < -0.3 is 33.7 Å². The van der Waals surface area contributed by atoms with E-state index in [-0.39, 0.29) is 11.8 Å². The first-order valence-corrected chi connectivity index (χ1v) is 13.9. The Hall–Kier alpha value is -2.99. The van der Waals surface area contributed by atoms with Gasteiger partial charge in [0.05, 0.1) is 32.6 Å². The number of aromatic nitrogens is 4. The van der Waals surface area contributed by atoms with Gasteiger partial charge in [0.2, 0.25) is 0 Å². The Morgan fingerprint density at radius 3 is 2.54 bits per heavy atom. The summed E-state index contributed by atoms with van der Waals surface area (Å²) in [5.41, 5.74) is 2.97. The van der Waals surface area contributed by atoms with Crippen molar-refractivity contribution in [1.29, 1.82) is 0 Å². The number of pyridine rings is 1. The average Bonchev–Trinajstić information content (AvgIpc) is 3.40. The van der Waals surface area contributed by atoms with Gasteiger partial charge in [-0.2, -0.15) is 9.61 Å². The van der Waals surface area contributed by atoms with Crippen LogP contribution in [0.4, 0.5) is 11.6 Å². The molecule has 1 aliphatic heterocycles. The maximum absolute atomic E-state index is 12.4. The second-order valence-corrected chi connectivity index (χ2v) is 9.64. The van der Waals surface area contributed by atoms with Crippen LogP contribution < -0.4 is 15.8 Å². The highest BCUT2D eigenvalue weighted by Gasteiger charge is 2.17. The van der Waals surface area contributed by atoms with E-state index in [0.717, 1.165) is 47.9 Å². The number of ether oxygens (including phenoxy) is 4. The third-order valence-corrected chi connectivity index (χ3v) is 6.98. The molecule has 0 amide bonds. The topological polar surface area (TPSA) is 104 Å². The molecule has 0 aliphatic carbocycles. The van der Waals surface area contributed by atoms with Crippen LogP contribution in [0.15, 0.2) is 35.4 Å². The summed E-state index contributed by atoms with van der Waals surface area (Å²) in [6.45, 7) is 7.10. The first kappa shape index (κ1) is 29.0. The van der Waals surface area contributed by atoms with Crippen LogP contribution in [0.25, 0.3) is 5.65 Å². The first-order valence-electron chi connectivity index (χ1n) is 13.9. The predicted octanol–water partition coefficient (Wildman–Crippen LogP) is 3.10. The summed E-state index contributed by atoms with van der Waals surface area (Å²) >= 11 is 0. The molecular weight excluding hydrogens is 500 g/mol. The number of methoxy groups -OCH3 is 2. The molecule has 39 heavy (non-hydrogen) atoms. The maximum atomic E-state index is 12.4. The van der Waals surface area contributed by atoms with Gasteiger partial charge in [-0.25, -0.2) is 4.98 Å². The van der Waals surface area contributed by atoms with Crippen molar-refractivity contribution in [2.45, 2.75) is 58.4 Å². The lowest BCUT2D eigenvalue weighted by atomic mass is 10.1. The lowest BCUT2D eigenvalue weighted by molar-refractivity contribution is -0.116. The maximum Gasteiger partial charge on any atom is 0.250 e. The second kappa shape index (κ2) is 15.0. The van der Waals surface area contributed by atoms with E-state index in [4.69, 9.17) is 23.9 Å². The normalized spacial score (nSPS) is 14.0. The quantitative estimate of drug-likeness (QED) is 0.216. The van der Waals surface area contributed by atoms with E-state index in [1.807, 2.05) is 23.0 Å². The van der Waals surface area contributed by atoms with Crippen molar-refractivity contribution in [3.8, 4) is 0 Å². The minimum Gasteiger partial charge on any atom is -0.379 e. The summed E-state index contributed by atoms with van der Waals surface area (Å²) in [6.07, 6.45) is 8.72. The standard InChI is InChI=1S/C28H42N6O5/c1-4-23-20-30-34-24(18-25(31-28(23)34)32-11-6-5-7-12-32)29-19-22-8-9-26(35)33(21-22)13-15-39-17-16-38-14-10-27(36-2)37-3/h8-9,18,20-21,27,29H,4-7,10-17,19H2,1-3H3. The van der Waals surface area contributed by atoms with Crippen LogP contribution in [0.2, 0.25) is 0 Å². The molecule has 1 aliphatic rings. The molecule has 0 aromatic carbocycles. The number of anilines is 2. The van der Waals surface area contributed by atoms with E-state index < -0.39 is 0 Å². The Morgan fingerprint density at radius 2 is 1.79 bits per heavy atom. The van der Waals surface area contributed by atoms with Crippen molar-refractivity contribution in [2.24, 2.45) is 0 Å². The number of piperidine rings is 1. The van der Waals surface area contributed by atoms with Gasteiger partial charge in [0.25, 0.3) is 5.56 Å². The van der Waals surface area contributed by atoms with Crippen molar-refractivity contribution < 1.29 is 18.9 Å². The molecule has 3 aromatic rings. The molecular formula is C28H42N6O5. The van der Waals surface area contributed by atoms with Gasteiger partial charge >= 0.3 is 0 Å². The number of fused-ring (bicyclic) bond motifs is 1. The van der Waals surface area contributed by atoms with Crippen LogP contribution in [0.1, 0.15) is 43.7 Å². The van der Waals surface area contributed by atoms with Gasteiger partial charge in [-0.15, -0.1) is 0 Å². The van der Waals surface area contributed by atoms with Gasteiger partial charge in [-0.05, 0) is 31.2 Å². The highest BCUT2D eigenvalue weighted by molar-refractivity contribution is 5.61. The van der Waals surface area contributed by atoms with E-state index in [1.54, 1.807) is 24.9 Å². The number of hydrogen-bond donors (Lipinski definition) is 1. The molecule has 0 saturated carbocycles. The lowest BCUT2D eigenvalue weighted by Gasteiger charge is -2.28. The molecule has 0 spiro atoms. The molecule has 3 aromatic heterocycles. The summed E-state index contributed by atoms with van der Waals surface area (Å²) in [4.78, 5) is 19.7. The molecule has 4 heterocycles. The number of nitrogens with one attached hydrogen (secondary N) is 1. The molecule has 11 heteroatoms. The second-order valence-electron chi connectivity index (χ2n) is 9.64. The molecule has 214 valence electrons. The van der Waals surface area contributed by atoms with Crippen LogP contribution in [-0.2, 0) is 38.5 Å². The molecule has 0 radical (unpaired) electrons. The molecule has 4 rings (SSSR count). The third-order valence-electron chi connectivity index (χ3n) is 6.98. The fourth-order valence-corrected chi connectivity index (χ4v) is 4.71. The van der Waals surface area contributed by atoms with Crippen molar-refractivity contribution in [3.63, 3.8) is 0 Å². The largest absolute Gasteiger partial charge is 0.379 e. The van der Waals surface area contributed by atoms with Gasteiger partial charge in [0.1, 0.15) is 11.6 Å². The smallest absolute Gasteiger partial charge is 0.250 e. The molecule has 0 atom stereocenters. The molecule has 1 N–H and O–H groups in total. The summed E-state index contributed by atoms with van der Waals surface area (Å²) in [7, 11) is 3.21. The van der Waals surface area contributed by atoms with Gasteiger partial charge in [0.15, 0.2) is 11.9 Å². The number of rotatable bonds is 16. The zero-order valence-electron chi connectivity index (χ0n) is 23.4. The zero-order chi connectivity index (χ0) is 27.5. The van der Waals surface area contributed by atoms with Gasteiger partial charge in [0, 0.05) is 70.7 Å². The third kappa shape index (κ3) is 8.01. The number of nitrogens with zero attached hydrogens (tertiary/aromatic N) is 5. The molecule has 0 unspecified atom stereocenters. The minimum atomic E-state index is -0.255. The highest BCUT2D eigenvalue weighted by atomic mass is 16.7. The van der Waals surface area contributed by atoms with Crippen LogP contribution >= 0.6 is 0 Å². The van der Waals surface area contributed by atoms with E-state index >= 15 is 0 Å². The molecule has 0 bridgehead atoms. The summed E-state index contributed by atoms with van der Waals surface area (Å²) < 4.78 is 25.0. The number of aryl methyl sites for hydroxylation is 1. The van der Waals surface area contributed by atoms with Crippen molar-refractivity contribution in [3.05, 3.63) is 52.1 Å². The summed E-state index contributed by atoms with van der Waals surface area (Å²) in [5, 5.41) is 8.12. The Bertz CT molecular complexity index is 1220. The Balaban J connectivity index is 1.32. The minimum absolute atomic E-state index is 0.0536. The van der Waals surface area contributed by atoms with E-state index in [2.05, 4.69) is 28.3 Å². The Morgan fingerprint density at radius 1 is 1.03 bits per heavy atom. The van der Waals surface area contributed by atoms with Crippen LogP contribution in [0.3, 0.4) is 0 Å². The van der Waals surface area contributed by atoms with Gasteiger partial charge in [-0.1, -0.05) is 13.0 Å².